The zero-order valence-corrected chi connectivity index (χ0v) is 18.9. The van der Waals surface area contributed by atoms with Gasteiger partial charge in [-0.25, -0.2) is 9.78 Å². The van der Waals surface area contributed by atoms with Crippen molar-refractivity contribution in [3.8, 4) is 22.9 Å². The molecule has 3 aliphatic rings. The molecule has 1 aromatic carbocycles. The van der Waals surface area contributed by atoms with E-state index in [9.17, 15) is 14.7 Å². The summed E-state index contributed by atoms with van der Waals surface area (Å²) < 4.78 is 18.0. The summed E-state index contributed by atoms with van der Waals surface area (Å²) >= 11 is 0. The molecule has 0 spiro atoms. The van der Waals surface area contributed by atoms with Crippen molar-refractivity contribution in [2.75, 3.05) is 6.79 Å². The predicted molar refractivity (Wildman–Crippen MR) is 119 cm³/mol. The van der Waals surface area contributed by atoms with E-state index in [0.29, 0.717) is 40.6 Å². The van der Waals surface area contributed by atoms with Crippen molar-refractivity contribution in [1.29, 1.82) is 0 Å². The van der Waals surface area contributed by atoms with Gasteiger partial charge in [0.1, 0.15) is 6.61 Å². The van der Waals surface area contributed by atoms with Crippen LogP contribution in [-0.2, 0) is 33.7 Å². The number of benzene rings is 1. The van der Waals surface area contributed by atoms with E-state index in [4.69, 9.17) is 19.2 Å². The van der Waals surface area contributed by atoms with Gasteiger partial charge in [-0.3, -0.25) is 4.79 Å². The number of carbonyl (C=O) groups is 1. The molecule has 170 valence electrons. The first-order valence-electron chi connectivity index (χ1n) is 11.1. The minimum absolute atomic E-state index is 0.108. The minimum atomic E-state index is -1.85. The van der Waals surface area contributed by atoms with Crippen LogP contribution in [0.25, 0.3) is 22.3 Å². The van der Waals surface area contributed by atoms with Crippen molar-refractivity contribution < 1.29 is 24.1 Å². The Hall–Kier alpha value is -3.39. The maximum Gasteiger partial charge on any atom is 0.343 e. The Labute approximate surface area is 189 Å². The predicted octanol–water partition coefficient (Wildman–Crippen LogP) is 3.11. The van der Waals surface area contributed by atoms with Crippen LogP contribution in [0.5, 0.6) is 11.5 Å². The number of esters is 1. The monoisotopic (exact) mass is 448 g/mol. The number of carbonyl (C=O) groups excluding carboxylic acids is 1. The fourth-order valence-corrected chi connectivity index (χ4v) is 5.33. The van der Waals surface area contributed by atoms with Crippen LogP contribution in [0.15, 0.2) is 23.0 Å². The van der Waals surface area contributed by atoms with Gasteiger partial charge in [0.25, 0.3) is 5.56 Å². The number of fused-ring (bicyclic) bond motifs is 6. The van der Waals surface area contributed by atoms with Gasteiger partial charge in [-0.05, 0) is 29.5 Å². The molecule has 0 saturated carbocycles. The third-order valence-electron chi connectivity index (χ3n) is 6.93. The SMILES string of the molecule is CC[C@@]1(O)C(=O)OCc2c1cc1n(c2=O)Cc2c-1nc1cc3c(cc1c2C(C)(C)C)OCO3. The number of cyclic esters (lactones) is 1. The first-order valence-corrected chi connectivity index (χ1v) is 11.1. The number of aromatic nitrogens is 2. The van der Waals surface area contributed by atoms with Gasteiger partial charge in [0.15, 0.2) is 17.1 Å². The van der Waals surface area contributed by atoms with Gasteiger partial charge in [0.2, 0.25) is 6.79 Å². The first-order chi connectivity index (χ1) is 15.6. The zero-order valence-electron chi connectivity index (χ0n) is 18.9. The molecular formula is C25H24N2O6. The van der Waals surface area contributed by atoms with Gasteiger partial charge in [0, 0.05) is 22.6 Å². The van der Waals surface area contributed by atoms with Crippen molar-refractivity contribution in [3.63, 3.8) is 0 Å². The Morgan fingerprint density at radius 2 is 1.82 bits per heavy atom. The van der Waals surface area contributed by atoms with Crippen LogP contribution in [-0.4, -0.2) is 27.4 Å². The second-order valence-corrected chi connectivity index (χ2v) is 9.89. The van der Waals surface area contributed by atoms with E-state index in [0.717, 1.165) is 22.0 Å². The molecule has 1 atom stereocenters. The van der Waals surface area contributed by atoms with Gasteiger partial charge >= 0.3 is 5.97 Å². The van der Waals surface area contributed by atoms with E-state index in [1.165, 1.54) is 0 Å². The molecule has 6 rings (SSSR count). The molecule has 3 aromatic rings. The second kappa shape index (κ2) is 6.35. The quantitative estimate of drug-likeness (QED) is 0.447. The lowest BCUT2D eigenvalue weighted by Crippen LogP contribution is -2.44. The molecule has 0 bridgehead atoms. The van der Waals surface area contributed by atoms with Gasteiger partial charge < -0.3 is 23.9 Å². The highest BCUT2D eigenvalue weighted by molar-refractivity contribution is 5.92. The van der Waals surface area contributed by atoms with E-state index in [2.05, 4.69) is 20.8 Å². The normalized spacial score (nSPS) is 20.5. The summed E-state index contributed by atoms with van der Waals surface area (Å²) in [4.78, 5) is 30.8. The number of rotatable bonds is 1. The molecule has 5 heterocycles. The Bertz CT molecular complexity index is 1450. The molecule has 0 aliphatic carbocycles. The molecule has 8 heteroatoms. The first kappa shape index (κ1) is 20.2. The summed E-state index contributed by atoms with van der Waals surface area (Å²) in [5, 5.41) is 12.1. The van der Waals surface area contributed by atoms with E-state index >= 15 is 0 Å². The number of ether oxygens (including phenoxy) is 3. The van der Waals surface area contributed by atoms with Crippen LogP contribution in [0, 0.1) is 0 Å². The van der Waals surface area contributed by atoms with E-state index < -0.39 is 11.6 Å². The molecule has 0 saturated heterocycles. The average molecular weight is 448 g/mol. The molecule has 2 aromatic heterocycles. The highest BCUT2D eigenvalue weighted by Crippen LogP contribution is 2.45. The van der Waals surface area contributed by atoms with Crippen molar-refractivity contribution in [3.05, 3.63) is 50.8 Å². The van der Waals surface area contributed by atoms with Crippen molar-refractivity contribution in [1.82, 2.24) is 9.55 Å². The van der Waals surface area contributed by atoms with Crippen LogP contribution in [0.4, 0.5) is 0 Å². The van der Waals surface area contributed by atoms with Crippen LogP contribution < -0.4 is 15.0 Å². The second-order valence-electron chi connectivity index (χ2n) is 9.89. The minimum Gasteiger partial charge on any atom is -0.458 e. The van der Waals surface area contributed by atoms with Crippen LogP contribution in [0.3, 0.4) is 0 Å². The standard InChI is InChI=1S/C25H24N2O6/c1-5-25(30)15-7-17-21-13(9-27(17)22(28)14(15)10-31-23(25)29)20(24(2,3)4)12-6-18-19(33-11-32-18)8-16(12)26-21/h6-8,30H,5,9-11H2,1-4H3/t25-/m0/s1. The Kier molecular flexibility index (Phi) is 3.89. The smallest absolute Gasteiger partial charge is 0.343 e. The number of hydrogen-bond donors (Lipinski definition) is 1. The topological polar surface area (TPSA) is 99.9 Å². The summed E-state index contributed by atoms with van der Waals surface area (Å²) in [5.41, 5.74) is 2.34. The summed E-state index contributed by atoms with van der Waals surface area (Å²) in [7, 11) is 0. The molecule has 0 fully saturated rings. The Balaban J connectivity index is 1.69. The highest BCUT2D eigenvalue weighted by atomic mass is 16.7. The molecule has 33 heavy (non-hydrogen) atoms. The van der Waals surface area contributed by atoms with Gasteiger partial charge in [-0.15, -0.1) is 0 Å². The fraction of sp³-hybridized carbons (Fsp3) is 0.400. The van der Waals surface area contributed by atoms with Crippen LogP contribution >= 0.6 is 0 Å². The largest absolute Gasteiger partial charge is 0.458 e. The van der Waals surface area contributed by atoms with Crippen molar-refractivity contribution in [2.24, 2.45) is 0 Å². The summed E-state index contributed by atoms with van der Waals surface area (Å²) in [5.74, 6) is 0.593. The Morgan fingerprint density at radius 3 is 2.52 bits per heavy atom. The van der Waals surface area contributed by atoms with Crippen LogP contribution in [0.1, 0.15) is 56.4 Å². The number of pyridine rings is 2. The summed E-state index contributed by atoms with van der Waals surface area (Å²) in [6.45, 7) is 8.48. The summed E-state index contributed by atoms with van der Waals surface area (Å²) in [6, 6.07) is 5.57. The zero-order chi connectivity index (χ0) is 23.3. The van der Waals surface area contributed by atoms with Gasteiger partial charge in [-0.2, -0.15) is 0 Å². The number of hydrogen-bond acceptors (Lipinski definition) is 7. The lowest BCUT2D eigenvalue weighted by Gasteiger charge is -2.31. The third kappa shape index (κ3) is 2.58. The van der Waals surface area contributed by atoms with Crippen molar-refractivity contribution >= 4 is 16.9 Å². The lowest BCUT2D eigenvalue weighted by atomic mass is 9.81. The molecule has 1 N–H and O–H groups in total. The molecule has 8 nitrogen and oxygen atoms in total. The summed E-state index contributed by atoms with van der Waals surface area (Å²) in [6.07, 6.45) is 0.108. The van der Waals surface area contributed by atoms with E-state index in [1.807, 2.05) is 12.1 Å². The molecule has 3 aliphatic heterocycles. The molecule has 0 amide bonds. The highest BCUT2D eigenvalue weighted by Gasteiger charge is 2.45. The average Bonchev–Trinajstić information content (AvgIpc) is 3.36. The van der Waals surface area contributed by atoms with E-state index in [-0.39, 0.29) is 30.8 Å². The van der Waals surface area contributed by atoms with Gasteiger partial charge in [0.05, 0.1) is 29.0 Å². The molecule has 0 radical (unpaired) electrons. The number of aliphatic hydroxyl groups is 1. The molecular weight excluding hydrogens is 424 g/mol. The van der Waals surface area contributed by atoms with Crippen LogP contribution in [0.2, 0.25) is 0 Å². The lowest BCUT2D eigenvalue weighted by molar-refractivity contribution is -0.172. The Morgan fingerprint density at radius 1 is 1.09 bits per heavy atom. The van der Waals surface area contributed by atoms with Gasteiger partial charge in [-0.1, -0.05) is 27.7 Å². The maximum atomic E-state index is 13.5. The fourth-order valence-electron chi connectivity index (χ4n) is 5.33. The van der Waals surface area contributed by atoms with E-state index in [1.54, 1.807) is 17.6 Å². The third-order valence-corrected chi connectivity index (χ3v) is 6.93. The molecule has 0 unspecified atom stereocenters. The maximum absolute atomic E-state index is 13.5. The van der Waals surface area contributed by atoms with Crippen molar-refractivity contribution in [2.45, 2.75) is 58.3 Å². The number of nitrogens with zero attached hydrogens (tertiary/aromatic N) is 2.